The molecule has 0 radical (unpaired) electrons. The number of hydrogen-bond acceptors (Lipinski definition) is 4. The molecule has 0 bridgehead atoms. The number of benzene rings is 1. The monoisotopic (exact) mass is 341 g/mol. The van der Waals surface area contributed by atoms with Gasteiger partial charge in [-0.3, -0.25) is 9.97 Å². The van der Waals surface area contributed by atoms with Crippen LogP contribution in [-0.4, -0.2) is 18.4 Å². The van der Waals surface area contributed by atoms with Gasteiger partial charge in [-0.05, 0) is 37.1 Å². The van der Waals surface area contributed by atoms with Crippen LogP contribution in [0.25, 0.3) is 10.9 Å². The summed E-state index contributed by atoms with van der Waals surface area (Å²) in [5.74, 6) is -0.120. The highest BCUT2D eigenvalue weighted by Crippen LogP contribution is 2.23. The summed E-state index contributed by atoms with van der Waals surface area (Å²) in [5.41, 5.74) is 1.46. The predicted octanol–water partition coefficient (Wildman–Crippen LogP) is 2.98. The average Bonchev–Trinajstić information content (AvgIpc) is 2.55. The highest BCUT2D eigenvalue weighted by Gasteiger charge is 2.27. The largest absolute Gasteiger partial charge is 0.264 e. The van der Waals surface area contributed by atoms with Crippen LogP contribution in [0.4, 0.5) is 0 Å². The number of rotatable bonds is 5. The Morgan fingerprint density at radius 1 is 1.04 bits per heavy atom. The molecule has 2 aromatic heterocycles. The van der Waals surface area contributed by atoms with E-state index >= 15 is 0 Å². The van der Waals surface area contributed by atoms with Gasteiger partial charge in [0, 0.05) is 24.0 Å². The highest BCUT2D eigenvalue weighted by atomic mass is 32.2. The molecule has 0 aliphatic carbocycles. The van der Waals surface area contributed by atoms with E-state index in [0.717, 1.165) is 10.9 Å². The van der Waals surface area contributed by atoms with Crippen molar-refractivity contribution >= 4 is 20.9 Å². The number of nitrogens with one attached hydrogen (secondary N) is 1. The number of pyridine rings is 2. The van der Waals surface area contributed by atoms with Crippen LogP contribution in [0.5, 0.6) is 0 Å². The summed E-state index contributed by atoms with van der Waals surface area (Å²) < 4.78 is 28.1. The first-order valence-corrected chi connectivity index (χ1v) is 9.27. The van der Waals surface area contributed by atoms with Crippen molar-refractivity contribution in [2.75, 3.05) is 0 Å². The van der Waals surface area contributed by atoms with Crippen LogP contribution in [0.2, 0.25) is 0 Å². The van der Waals surface area contributed by atoms with Gasteiger partial charge >= 0.3 is 0 Å². The normalized spacial score (nSPS) is 12.4. The van der Waals surface area contributed by atoms with Gasteiger partial charge < -0.3 is 0 Å². The second kappa shape index (κ2) is 6.30. The van der Waals surface area contributed by atoms with E-state index in [4.69, 9.17) is 0 Å². The SMILES string of the molecule is CC(C)(NS(=O)(=O)Cc1cccc2cccnc12)c1cccnc1. The van der Waals surface area contributed by atoms with E-state index in [9.17, 15) is 8.42 Å². The number of nitrogens with zero attached hydrogens (tertiary/aromatic N) is 2. The topological polar surface area (TPSA) is 72.0 Å². The molecular formula is C18H19N3O2S. The van der Waals surface area contributed by atoms with E-state index in [1.807, 2.05) is 44.2 Å². The second-order valence-electron chi connectivity index (χ2n) is 6.22. The molecule has 1 aromatic carbocycles. The van der Waals surface area contributed by atoms with Crippen molar-refractivity contribution in [2.45, 2.75) is 25.1 Å². The molecule has 0 spiro atoms. The zero-order valence-corrected chi connectivity index (χ0v) is 14.4. The molecule has 0 amide bonds. The molecule has 0 unspecified atom stereocenters. The lowest BCUT2D eigenvalue weighted by Crippen LogP contribution is -2.41. The van der Waals surface area contributed by atoms with Crippen molar-refractivity contribution in [3.63, 3.8) is 0 Å². The Labute approximate surface area is 141 Å². The Morgan fingerprint density at radius 2 is 1.79 bits per heavy atom. The minimum Gasteiger partial charge on any atom is -0.264 e. The van der Waals surface area contributed by atoms with Gasteiger partial charge in [0.2, 0.25) is 10.0 Å². The molecule has 1 N–H and O–H groups in total. The van der Waals surface area contributed by atoms with E-state index in [2.05, 4.69) is 14.7 Å². The summed E-state index contributed by atoms with van der Waals surface area (Å²) in [6.45, 7) is 3.64. The van der Waals surface area contributed by atoms with Crippen LogP contribution in [0, 0.1) is 0 Å². The van der Waals surface area contributed by atoms with Gasteiger partial charge in [0.15, 0.2) is 0 Å². The molecule has 6 heteroatoms. The van der Waals surface area contributed by atoms with Crippen LogP contribution in [0.15, 0.2) is 61.1 Å². The first-order valence-electron chi connectivity index (χ1n) is 7.62. The molecule has 3 rings (SSSR count). The fourth-order valence-electron chi connectivity index (χ4n) is 2.70. The summed E-state index contributed by atoms with van der Waals surface area (Å²) in [7, 11) is -3.55. The first-order chi connectivity index (χ1) is 11.4. The standard InChI is InChI=1S/C18H19N3O2S/c1-18(2,16-9-5-10-19-12-16)21-24(22,23)13-15-7-3-6-14-8-4-11-20-17(14)15/h3-12,21H,13H2,1-2H3. The van der Waals surface area contributed by atoms with Gasteiger partial charge in [0.25, 0.3) is 0 Å². The van der Waals surface area contributed by atoms with Gasteiger partial charge in [0.1, 0.15) is 0 Å². The average molecular weight is 341 g/mol. The lowest BCUT2D eigenvalue weighted by Gasteiger charge is -2.26. The molecule has 0 saturated carbocycles. The van der Waals surface area contributed by atoms with E-state index in [-0.39, 0.29) is 5.75 Å². The molecule has 0 atom stereocenters. The fourth-order valence-corrected chi connectivity index (χ4v) is 4.31. The Kier molecular flexibility index (Phi) is 4.34. The van der Waals surface area contributed by atoms with Gasteiger partial charge in [-0.1, -0.05) is 30.3 Å². The third-order valence-corrected chi connectivity index (χ3v) is 5.37. The van der Waals surface area contributed by atoms with Crippen LogP contribution in [0.3, 0.4) is 0 Å². The summed E-state index contributed by atoms with van der Waals surface area (Å²) in [4.78, 5) is 8.38. The molecule has 0 saturated heterocycles. The van der Waals surface area contributed by atoms with E-state index < -0.39 is 15.6 Å². The molecule has 0 aliphatic heterocycles. The number of aromatic nitrogens is 2. The molecule has 0 fully saturated rings. The summed E-state index contributed by atoms with van der Waals surface area (Å²) in [5, 5.41) is 0.928. The van der Waals surface area contributed by atoms with Crippen LogP contribution in [-0.2, 0) is 21.3 Å². The Hall–Kier alpha value is -2.31. The number of fused-ring (bicyclic) bond motifs is 1. The molecule has 2 heterocycles. The van der Waals surface area contributed by atoms with E-state index in [1.165, 1.54) is 0 Å². The number of hydrogen-bond donors (Lipinski definition) is 1. The Morgan fingerprint density at radius 3 is 2.54 bits per heavy atom. The van der Waals surface area contributed by atoms with Gasteiger partial charge in [-0.15, -0.1) is 0 Å². The van der Waals surface area contributed by atoms with Gasteiger partial charge in [0.05, 0.1) is 16.8 Å². The van der Waals surface area contributed by atoms with Gasteiger partial charge in [-0.2, -0.15) is 0 Å². The fraction of sp³-hybridized carbons (Fsp3) is 0.222. The third kappa shape index (κ3) is 3.60. The zero-order chi connectivity index (χ0) is 17.2. The third-order valence-electron chi connectivity index (χ3n) is 3.86. The lowest BCUT2D eigenvalue weighted by molar-refractivity contribution is 0.470. The van der Waals surface area contributed by atoms with Crippen LogP contribution in [0.1, 0.15) is 25.0 Å². The maximum Gasteiger partial charge on any atom is 0.216 e. The number of para-hydroxylation sites is 1. The number of sulfonamides is 1. The molecular weight excluding hydrogens is 322 g/mol. The van der Waals surface area contributed by atoms with Crippen molar-refractivity contribution in [3.8, 4) is 0 Å². The minimum atomic E-state index is -3.55. The summed E-state index contributed by atoms with van der Waals surface area (Å²) >= 11 is 0. The predicted molar refractivity (Wildman–Crippen MR) is 94.8 cm³/mol. The van der Waals surface area contributed by atoms with Crippen LogP contribution >= 0.6 is 0 Å². The van der Waals surface area contributed by atoms with E-state index in [0.29, 0.717) is 11.1 Å². The molecule has 0 aliphatic rings. The summed E-state index contributed by atoms with van der Waals surface area (Å²) in [6, 6.07) is 13.0. The van der Waals surface area contributed by atoms with Gasteiger partial charge in [-0.25, -0.2) is 13.1 Å². The highest BCUT2D eigenvalue weighted by molar-refractivity contribution is 7.88. The molecule has 24 heavy (non-hydrogen) atoms. The van der Waals surface area contributed by atoms with Crippen molar-refractivity contribution in [3.05, 3.63) is 72.2 Å². The maximum absolute atomic E-state index is 12.7. The maximum atomic E-state index is 12.7. The molecule has 5 nitrogen and oxygen atoms in total. The zero-order valence-electron chi connectivity index (χ0n) is 13.6. The van der Waals surface area contributed by atoms with Crippen molar-refractivity contribution < 1.29 is 8.42 Å². The first kappa shape index (κ1) is 16.5. The lowest BCUT2D eigenvalue weighted by atomic mass is 9.98. The molecule has 3 aromatic rings. The smallest absolute Gasteiger partial charge is 0.216 e. The van der Waals surface area contributed by atoms with Crippen molar-refractivity contribution in [2.24, 2.45) is 0 Å². The quantitative estimate of drug-likeness (QED) is 0.774. The molecule has 124 valence electrons. The second-order valence-corrected chi connectivity index (χ2v) is 7.94. The van der Waals surface area contributed by atoms with Crippen LogP contribution < -0.4 is 4.72 Å². The van der Waals surface area contributed by atoms with Crippen molar-refractivity contribution in [1.82, 2.24) is 14.7 Å². The minimum absolute atomic E-state index is 0.120. The Bertz CT molecular complexity index is 949. The summed E-state index contributed by atoms with van der Waals surface area (Å²) in [6.07, 6.45) is 5.00. The van der Waals surface area contributed by atoms with E-state index in [1.54, 1.807) is 30.7 Å². The van der Waals surface area contributed by atoms with Crippen molar-refractivity contribution in [1.29, 1.82) is 0 Å². The Balaban J connectivity index is 1.89.